The zero-order valence-electron chi connectivity index (χ0n) is 7.83. The third-order valence-corrected chi connectivity index (χ3v) is 2.04. The molecule has 1 aromatic carbocycles. The van der Waals surface area contributed by atoms with Crippen LogP contribution in [-0.2, 0) is 6.42 Å². The van der Waals surface area contributed by atoms with E-state index in [4.69, 9.17) is 0 Å². The zero-order valence-corrected chi connectivity index (χ0v) is 7.83. The van der Waals surface area contributed by atoms with Crippen LogP contribution >= 0.6 is 0 Å². The van der Waals surface area contributed by atoms with Crippen molar-refractivity contribution in [1.29, 1.82) is 0 Å². The summed E-state index contributed by atoms with van der Waals surface area (Å²) < 4.78 is 0. The van der Waals surface area contributed by atoms with E-state index >= 15 is 0 Å². The van der Waals surface area contributed by atoms with Crippen molar-refractivity contribution in [3.63, 3.8) is 0 Å². The molecule has 12 heavy (non-hydrogen) atoms. The second-order valence-electron chi connectivity index (χ2n) is 3.31. The number of rotatable bonds is 3. The maximum absolute atomic E-state index is 4.06. The summed E-state index contributed by atoms with van der Waals surface area (Å²) in [5.41, 5.74) is 1.35. The van der Waals surface area contributed by atoms with E-state index in [1.54, 1.807) is 0 Å². The van der Waals surface area contributed by atoms with Crippen LogP contribution in [0, 0.1) is 6.92 Å². The quantitative estimate of drug-likeness (QED) is 0.657. The Hall–Kier alpha value is -0.820. The third kappa shape index (κ3) is 2.67. The summed E-state index contributed by atoms with van der Waals surface area (Å²) in [6.45, 7) is 4.06. The zero-order chi connectivity index (χ0) is 8.97. The minimum Gasteiger partial charge on any atom is -0.306 e. The van der Waals surface area contributed by atoms with E-state index in [0.717, 1.165) is 6.42 Å². The van der Waals surface area contributed by atoms with Crippen LogP contribution in [0.3, 0.4) is 0 Å². The van der Waals surface area contributed by atoms with E-state index in [2.05, 4.69) is 50.2 Å². The fraction of sp³-hybridized carbons (Fsp3) is 0.364. The van der Waals surface area contributed by atoms with Crippen LogP contribution in [0.25, 0.3) is 0 Å². The molecule has 1 nitrogen and oxygen atoms in total. The Bertz CT molecular complexity index is 216. The fourth-order valence-electron chi connectivity index (χ4n) is 1.07. The fourth-order valence-corrected chi connectivity index (χ4v) is 1.07. The third-order valence-electron chi connectivity index (χ3n) is 2.04. The number of hydrogen-bond donors (Lipinski definition) is 0. The Labute approximate surface area is 75.0 Å². The van der Waals surface area contributed by atoms with Crippen LogP contribution < -0.4 is 0 Å². The summed E-state index contributed by atoms with van der Waals surface area (Å²) in [5.74, 6) is 0. The Morgan fingerprint density at radius 3 is 2.33 bits per heavy atom. The Morgan fingerprint density at radius 1 is 1.25 bits per heavy atom. The summed E-state index contributed by atoms with van der Waals surface area (Å²) in [6.07, 6.45) is 1.02. The monoisotopic (exact) mass is 162 g/mol. The first-order valence-electron chi connectivity index (χ1n) is 4.23. The number of likely N-dealkylation sites (N-methyl/N-ethyl adjacent to an activating group) is 1. The van der Waals surface area contributed by atoms with Crippen molar-refractivity contribution in [3.8, 4) is 0 Å². The molecule has 0 amide bonds. The lowest BCUT2D eigenvalue weighted by Gasteiger charge is -2.19. The number of hydrogen-bond acceptors (Lipinski definition) is 1. The van der Waals surface area contributed by atoms with Gasteiger partial charge in [0.25, 0.3) is 0 Å². The van der Waals surface area contributed by atoms with Gasteiger partial charge in [-0.1, -0.05) is 30.3 Å². The predicted octanol–water partition coefficient (Wildman–Crippen LogP) is 1.99. The largest absolute Gasteiger partial charge is 0.306 e. The van der Waals surface area contributed by atoms with Crippen molar-refractivity contribution >= 4 is 0 Å². The topological polar surface area (TPSA) is 3.24 Å². The molecule has 0 N–H and O–H groups in total. The molecule has 0 spiro atoms. The van der Waals surface area contributed by atoms with Crippen molar-refractivity contribution in [2.24, 2.45) is 0 Å². The Kier molecular flexibility index (Phi) is 3.30. The van der Waals surface area contributed by atoms with Gasteiger partial charge in [0.05, 0.1) is 0 Å². The summed E-state index contributed by atoms with van der Waals surface area (Å²) in [5, 5.41) is 0. The van der Waals surface area contributed by atoms with E-state index in [1.807, 2.05) is 6.07 Å². The van der Waals surface area contributed by atoms with Gasteiger partial charge in [-0.2, -0.15) is 0 Å². The van der Waals surface area contributed by atoms with Gasteiger partial charge in [0.2, 0.25) is 0 Å². The average molecular weight is 162 g/mol. The van der Waals surface area contributed by atoms with E-state index in [1.165, 1.54) is 5.56 Å². The maximum atomic E-state index is 4.06. The molecule has 0 aliphatic rings. The van der Waals surface area contributed by atoms with Gasteiger partial charge in [-0.15, -0.1) is 0 Å². The molecular formula is C11H16N. The summed E-state index contributed by atoms with van der Waals surface area (Å²) in [6, 6.07) is 10.8. The second-order valence-corrected chi connectivity index (χ2v) is 3.31. The van der Waals surface area contributed by atoms with Crippen molar-refractivity contribution in [3.05, 3.63) is 42.8 Å². The van der Waals surface area contributed by atoms with Crippen LogP contribution in [0.5, 0.6) is 0 Å². The molecule has 65 valence electrons. The molecule has 0 aliphatic carbocycles. The van der Waals surface area contributed by atoms with Crippen LogP contribution in [0.2, 0.25) is 0 Å². The predicted molar refractivity (Wildman–Crippen MR) is 53.0 cm³/mol. The molecule has 0 aliphatic heterocycles. The van der Waals surface area contributed by atoms with E-state index in [0.29, 0.717) is 6.04 Å². The van der Waals surface area contributed by atoms with Crippen LogP contribution in [0.1, 0.15) is 5.56 Å². The van der Waals surface area contributed by atoms with Crippen LogP contribution in [-0.4, -0.2) is 25.0 Å². The molecule has 1 rings (SSSR count). The minimum atomic E-state index is 0.368. The van der Waals surface area contributed by atoms with E-state index in [-0.39, 0.29) is 0 Å². The lowest BCUT2D eigenvalue weighted by Crippen LogP contribution is -2.26. The highest BCUT2D eigenvalue weighted by molar-refractivity contribution is 5.16. The van der Waals surface area contributed by atoms with Crippen molar-refractivity contribution in [1.82, 2.24) is 4.90 Å². The number of nitrogens with zero attached hydrogens (tertiary/aromatic N) is 1. The highest BCUT2D eigenvalue weighted by atomic mass is 15.1. The molecule has 0 fully saturated rings. The molecule has 0 heterocycles. The summed E-state index contributed by atoms with van der Waals surface area (Å²) in [4.78, 5) is 2.13. The molecule has 1 atom stereocenters. The molecule has 0 saturated carbocycles. The van der Waals surface area contributed by atoms with Gasteiger partial charge in [0, 0.05) is 6.04 Å². The van der Waals surface area contributed by atoms with Crippen molar-refractivity contribution < 1.29 is 0 Å². The first-order valence-corrected chi connectivity index (χ1v) is 4.23. The highest BCUT2D eigenvalue weighted by Crippen LogP contribution is 2.04. The SMILES string of the molecule is [CH2][C@@H](Cc1ccccc1)N(C)C. The highest BCUT2D eigenvalue weighted by Gasteiger charge is 2.04. The molecular weight excluding hydrogens is 146 g/mol. The lowest BCUT2D eigenvalue weighted by atomic mass is 10.1. The van der Waals surface area contributed by atoms with Crippen LogP contribution in [0.15, 0.2) is 30.3 Å². The Morgan fingerprint density at radius 2 is 1.83 bits per heavy atom. The van der Waals surface area contributed by atoms with Gasteiger partial charge < -0.3 is 4.90 Å². The molecule has 0 unspecified atom stereocenters. The van der Waals surface area contributed by atoms with Crippen LogP contribution in [0.4, 0.5) is 0 Å². The minimum absolute atomic E-state index is 0.368. The van der Waals surface area contributed by atoms with Crippen molar-refractivity contribution in [2.45, 2.75) is 12.5 Å². The lowest BCUT2D eigenvalue weighted by molar-refractivity contribution is 0.339. The molecule has 0 saturated heterocycles. The van der Waals surface area contributed by atoms with Gasteiger partial charge in [-0.3, -0.25) is 0 Å². The Balaban J connectivity index is 2.53. The normalized spacial score (nSPS) is 13.3. The van der Waals surface area contributed by atoms with Gasteiger partial charge in [-0.25, -0.2) is 0 Å². The molecule has 0 bridgehead atoms. The summed E-state index contributed by atoms with van der Waals surface area (Å²) >= 11 is 0. The van der Waals surface area contributed by atoms with E-state index < -0.39 is 0 Å². The average Bonchev–Trinajstić information content (AvgIpc) is 2.06. The number of benzene rings is 1. The summed E-state index contributed by atoms with van der Waals surface area (Å²) in [7, 11) is 4.11. The van der Waals surface area contributed by atoms with Gasteiger partial charge in [0.1, 0.15) is 0 Å². The first-order chi connectivity index (χ1) is 5.70. The molecule has 1 heteroatoms. The smallest absolute Gasteiger partial charge is 0.0130 e. The van der Waals surface area contributed by atoms with Gasteiger partial charge >= 0.3 is 0 Å². The molecule has 1 aromatic rings. The second kappa shape index (κ2) is 4.27. The van der Waals surface area contributed by atoms with E-state index in [9.17, 15) is 0 Å². The standard InChI is InChI=1S/C11H16N/c1-10(12(2)3)9-11-7-5-4-6-8-11/h4-8,10H,1,9H2,2-3H3/t10-/m0/s1. The maximum Gasteiger partial charge on any atom is 0.0130 e. The first kappa shape index (κ1) is 9.27. The van der Waals surface area contributed by atoms with Crippen molar-refractivity contribution in [2.75, 3.05) is 14.1 Å². The van der Waals surface area contributed by atoms with Gasteiger partial charge in [-0.05, 0) is 33.0 Å². The van der Waals surface area contributed by atoms with Gasteiger partial charge in [0.15, 0.2) is 0 Å². The molecule has 1 radical (unpaired) electrons. The molecule has 0 aromatic heterocycles.